The average Bonchev–Trinajstić information content (AvgIpc) is 2.05. The van der Waals surface area contributed by atoms with Crippen LogP contribution in [0.5, 0.6) is 0 Å². The smallest absolute Gasteiger partial charge is 0.255 e. The fourth-order valence-corrected chi connectivity index (χ4v) is 1.15. The molecular formula is C8H6F2IN. The number of halogens is 3. The van der Waals surface area contributed by atoms with Crippen molar-refractivity contribution in [2.45, 2.75) is 5.92 Å². The maximum absolute atomic E-state index is 12.9. The molecule has 0 N–H and O–H groups in total. The van der Waals surface area contributed by atoms with Crippen LogP contribution in [-0.2, 0) is 5.92 Å². The molecule has 0 radical (unpaired) electrons. The summed E-state index contributed by atoms with van der Waals surface area (Å²) in [4.78, 5) is 3.56. The molecule has 1 heterocycles. The Kier molecular flexibility index (Phi) is 2.76. The summed E-state index contributed by atoms with van der Waals surface area (Å²) in [5, 5.41) is 0. The number of rotatable bonds is 2. The van der Waals surface area contributed by atoms with Crippen molar-refractivity contribution in [1.82, 2.24) is 4.98 Å². The molecule has 0 aliphatic carbocycles. The van der Waals surface area contributed by atoms with Gasteiger partial charge < -0.3 is 0 Å². The van der Waals surface area contributed by atoms with Crippen LogP contribution in [0.25, 0.3) is 0 Å². The molecule has 0 fully saturated rings. The Bertz CT molecular complexity index is 299. The number of pyridine rings is 1. The molecule has 0 unspecified atom stereocenters. The lowest BCUT2D eigenvalue weighted by molar-refractivity contribution is 0.0475. The quantitative estimate of drug-likeness (QED) is 0.600. The average molecular weight is 281 g/mol. The maximum atomic E-state index is 12.9. The number of nitrogens with zero attached hydrogens (tertiary/aromatic N) is 1. The summed E-state index contributed by atoms with van der Waals surface area (Å²) >= 11 is 1.95. The lowest BCUT2D eigenvalue weighted by Crippen LogP contribution is -2.11. The van der Waals surface area contributed by atoms with Gasteiger partial charge in [-0.1, -0.05) is 6.58 Å². The van der Waals surface area contributed by atoms with Crippen molar-refractivity contribution < 1.29 is 8.78 Å². The van der Waals surface area contributed by atoms with Gasteiger partial charge in [-0.15, -0.1) is 0 Å². The summed E-state index contributed by atoms with van der Waals surface area (Å²) in [6, 6.07) is 2.99. The summed E-state index contributed by atoms with van der Waals surface area (Å²) in [5.74, 6) is -3.03. The van der Waals surface area contributed by atoms with Crippen LogP contribution in [-0.4, -0.2) is 4.98 Å². The van der Waals surface area contributed by atoms with Gasteiger partial charge in [-0.3, -0.25) is 4.98 Å². The Morgan fingerprint density at radius 1 is 1.58 bits per heavy atom. The van der Waals surface area contributed by atoms with E-state index in [9.17, 15) is 8.78 Å². The van der Waals surface area contributed by atoms with E-state index in [0.717, 1.165) is 3.57 Å². The molecule has 1 rings (SSSR count). The van der Waals surface area contributed by atoms with Gasteiger partial charge in [-0.2, -0.15) is 8.78 Å². The van der Waals surface area contributed by atoms with Gasteiger partial charge in [0.1, 0.15) is 5.69 Å². The molecule has 12 heavy (non-hydrogen) atoms. The van der Waals surface area contributed by atoms with Crippen LogP contribution >= 0.6 is 22.6 Å². The Morgan fingerprint density at radius 2 is 2.25 bits per heavy atom. The number of aromatic nitrogens is 1. The van der Waals surface area contributed by atoms with E-state index < -0.39 is 5.92 Å². The van der Waals surface area contributed by atoms with E-state index in [1.165, 1.54) is 12.3 Å². The number of allylic oxidation sites excluding steroid dienone is 1. The van der Waals surface area contributed by atoms with Crippen molar-refractivity contribution in [3.8, 4) is 0 Å². The molecule has 64 valence electrons. The molecule has 0 aliphatic rings. The first-order valence-electron chi connectivity index (χ1n) is 3.20. The first-order chi connectivity index (χ1) is 5.56. The van der Waals surface area contributed by atoms with Crippen LogP contribution in [0, 0.1) is 3.57 Å². The summed E-state index contributed by atoms with van der Waals surface area (Å²) in [6.45, 7) is 3.05. The fraction of sp³-hybridized carbons (Fsp3) is 0.125. The van der Waals surface area contributed by atoms with E-state index in [4.69, 9.17) is 0 Å². The summed E-state index contributed by atoms with van der Waals surface area (Å²) in [7, 11) is 0. The van der Waals surface area contributed by atoms with E-state index in [2.05, 4.69) is 11.6 Å². The highest BCUT2D eigenvalue weighted by molar-refractivity contribution is 14.1. The third-order valence-electron chi connectivity index (χ3n) is 1.32. The Labute approximate surface area is 82.6 Å². The summed E-state index contributed by atoms with van der Waals surface area (Å²) in [5.41, 5.74) is -0.260. The number of hydrogen-bond donors (Lipinski definition) is 0. The van der Waals surface area contributed by atoms with Crippen LogP contribution < -0.4 is 0 Å². The standard InChI is InChI=1S/C8H6F2IN/c1-2-8(9,10)7-5-6(11)3-4-12-7/h2-5H,1H2. The monoisotopic (exact) mass is 281 g/mol. The first-order valence-corrected chi connectivity index (χ1v) is 4.27. The van der Waals surface area contributed by atoms with Gasteiger partial charge in [0.05, 0.1) is 0 Å². The second-order valence-corrected chi connectivity index (χ2v) is 3.43. The van der Waals surface area contributed by atoms with E-state index in [1.54, 1.807) is 6.07 Å². The highest BCUT2D eigenvalue weighted by Gasteiger charge is 2.28. The predicted octanol–water partition coefficient (Wildman–Crippen LogP) is 2.96. The second kappa shape index (κ2) is 3.47. The zero-order chi connectivity index (χ0) is 9.19. The zero-order valence-corrected chi connectivity index (χ0v) is 8.26. The second-order valence-electron chi connectivity index (χ2n) is 2.19. The summed E-state index contributed by atoms with van der Waals surface area (Å²) < 4.78 is 26.5. The van der Waals surface area contributed by atoms with E-state index in [0.29, 0.717) is 6.08 Å². The van der Waals surface area contributed by atoms with E-state index in [-0.39, 0.29) is 5.69 Å². The van der Waals surface area contributed by atoms with Gasteiger partial charge in [0, 0.05) is 9.77 Å². The third-order valence-corrected chi connectivity index (χ3v) is 1.99. The summed E-state index contributed by atoms with van der Waals surface area (Å²) in [6.07, 6.45) is 1.94. The van der Waals surface area contributed by atoms with Crippen LogP contribution in [0.1, 0.15) is 5.69 Å². The minimum Gasteiger partial charge on any atom is -0.255 e. The number of hydrogen-bond acceptors (Lipinski definition) is 1. The maximum Gasteiger partial charge on any atom is 0.307 e. The highest BCUT2D eigenvalue weighted by Crippen LogP contribution is 2.27. The molecular weight excluding hydrogens is 275 g/mol. The van der Waals surface area contributed by atoms with Crippen LogP contribution in [0.2, 0.25) is 0 Å². The molecule has 0 aromatic carbocycles. The third kappa shape index (κ3) is 2.00. The first kappa shape index (κ1) is 9.57. The van der Waals surface area contributed by atoms with Crippen molar-refractivity contribution in [2.24, 2.45) is 0 Å². The molecule has 0 bridgehead atoms. The van der Waals surface area contributed by atoms with Crippen molar-refractivity contribution in [3.63, 3.8) is 0 Å². The molecule has 0 amide bonds. The van der Waals surface area contributed by atoms with Crippen LogP contribution in [0.15, 0.2) is 31.0 Å². The van der Waals surface area contributed by atoms with Crippen molar-refractivity contribution in [2.75, 3.05) is 0 Å². The topological polar surface area (TPSA) is 12.9 Å². The lowest BCUT2D eigenvalue weighted by Gasteiger charge is -2.09. The molecule has 1 aromatic heterocycles. The van der Waals surface area contributed by atoms with E-state index in [1.807, 2.05) is 22.6 Å². The predicted molar refractivity (Wildman–Crippen MR) is 51.0 cm³/mol. The van der Waals surface area contributed by atoms with Gasteiger partial charge in [-0.25, -0.2) is 0 Å². The largest absolute Gasteiger partial charge is 0.307 e. The normalized spacial score (nSPS) is 11.2. The molecule has 0 atom stereocenters. The lowest BCUT2D eigenvalue weighted by atomic mass is 10.2. The zero-order valence-electron chi connectivity index (χ0n) is 6.10. The minimum absolute atomic E-state index is 0.260. The minimum atomic E-state index is -3.03. The van der Waals surface area contributed by atoms with Crippen LogP contribution in [0.4, 0.5) is 8.78 Å². The molecule has 1 nitrogen and oxygen atoms in total. The molecule has 1 aromatic rings. The molecule has 0 aliphatic heterocycles. The van der Waals surface area contributed by atoms with Crippen molar-refractivity contribution in [1.29, 1.82) is 0 Å². The highest BCUT2D eigenvalue weighted by atomic mass is 127. The van der Waals surface area contributed by atoms with Gasteiger partial charge in [0.2, 0.25) is 0 Å². The Morgan fingerprint density at radius 3 is 2.75 bits per heavy atom. The molecule has 4 heteroatoms. The van der Waals surface area contributed by atoms with Crippen molar-refractivity contribution >= 4 is 22.6 Å². The van der Waals surface area contributed by atoms with Crippen LogP contribution in [0.3, 0.4) is 0 Å². The van der Waals surface area contributed by atoms with Gasteiger partial charge >= 0.3 is 5.92 Å². The Balaban J connectivity index is 3.11. The fourth-order valence-electron chi connectivity index (χ4n) is 0.692. The molecule has 0 saturated carbocycles. The van der Waals surface area contributed by atoms with Gasteiger partial charge in [-0.05, 0) is 40.8 Å². The van der Waals surface area contributed by atoms with Gasteiger partial charge in [0.15, 0.2) is 0 Å². The van der Waals surface area contributed by atoms with E-state index >= 15 is 0 Å². The van der Waals surface area contributed by atoms with Gasteiger partial charge in [0.25, 0.3) is 0 Å². The van der Waals surface area contributed by atoms with Crippen molar-refractivity contribution in [3.05, 3.63) is 40.2 Å². The molecule has 0 spiro atoms. The number of alkyl halides is 2. The Hall–Kier alpha value is -0.520. The SMILES string of the molecule is C=CC(F)(F)c1cc(I)ccn1. The molecule has 0 saturated heterocycles.